The van der Waals surface area contributed by atoms with Crippen LogP contribution in [0, 0.1) is 13.7 Å². The number of halogens is 1. The van der Waals surface area contributed by atoms with Gasteiger partial charge in [0.05, 0.1) is 26.4 Å². The summed E-state index contributed by atoms with van der Waals surface area (Å²) in [6.07, 6.45) is 5.65. The van der Waals surface area contributed by atoms with Crippen LogP contribution in [0.1, 0.15) is 46.0 Å². The van der Waals surface area contributed by atoms with E-state index in [1.165, 1.54) is 25.3 Å². The largest absolute Gasteiger partial charge is 0.488 e. The molecule has 6 heteroatoms. The fourth-order valence-electron chi connectivity index (χ4n) is 1.93. The molecule has 0 spiro atoms. The van der Waals surface area contributed by atoms with E-state index in [1.54, 1.807) is 6.07 Å². The lowest BCUT2D eigenvalue weighted by molar-refractivity contribution is -0.385. The first kappa shape index (κ1) is 17.0. The highest BCUT2D eigenvalue weighted by Crippen LogP contribution is 2.32. The summed E-state index contributed by atoms with van der Waals surface area (Å²) in [5, 5.41) is 10.9. The minimum absolute atomic E-state index is 0.00817. The molecule has 0 unspecified atom stereocenters. The van der Waals surface area contributed by atoms with Crippen molar-refractivity contribution in [3.8, 4) is 5.75 Å². The van der Waals surface area contributed by atoms with Crippen LogP contribution >= 0.6 is 22.6 Å². The van der Waals surface area contributed by atoms with Gasteiger partial charge in [0.15, 0.2) is 0 Å². The molecule has 20 heavy (non-hydrogen) atoms. The van der Waals surface area contributed by atoms with Crippen molar-refractivity contribution in [1.29, 1.82) is 0 Å². The number of nitrogens with zero attached hydrogens (tertiary/aromatic N) is 1. The number of rotatable bonds is 8. The van der Waals surface area contributed by atoms with Gasteiger partial charge in [0.25, 0.3) is 5.69 Å². The van der Waals surface area contributed by atoms with E-state index in [1.807, 2.05) is 29.5 Å². The number of nitro groups is 1. The molecular formula is C14H21IN2O3. The van der Waals surface area contributed by atoms with Crippen molar-refractivity contribution in [1.82, 2.24) is 0 Å². The van der Waals surface area contributed by atoms with Crippen molar-refractivity contribution in [2.75, 3.05) is 5.73 Å². The lowest BCUT2D eigenvalue weighted by Gasteiger charge is -2.16. The molecule has 1 aromatic rings. The summed E-state index contributed by atoms with van der Waals surface area (Å²) < 4.78 is 6.26. The molecule has 0 aliphatic heterocycles. The molecule has 1 aromatic carbocycles. The van der Waals surface area contributed by atoms with Crippen molar-refractivity contribution in [2.45, 2.75) is 52.1 Å². The van der Waals surface area contributed by atoms with Crippen LogP contribution in [-0.4, -0.2) is 11.0 Å². The predicted molar refractivity (Wildman–Crippen MR) is 89.1 cm³/mol. The number of benzene rings is 1. The van der Waals surface area contributed by atoms with E-state index in [9.17, 15) is 10.1 Å². The molecule has 0 aromatic heterocycles. The summed E-state index contributed by atoms with van der Waals surface area (Å²) in [4.78, 5) is 10.5. The van der Waals surface area contributed by atoms with Crippen molar-refractivity contribution in [3.05, 3.63) is 25.8 Å². The number of hydrogen-bond acceptors (Lipinski definition) is 4. The fraction of sp³-hybridized carbons (Fsp3) is 0.571. The van der Waals surface area contributed by atoms with Crippen molar-refractivity contribution >= 4 is 34.0 Å². The van der Waals surface area contributed by atoms with Crippen LogP contribution in [0.5, 0.6) is 5.75 Å². The van der Waals surface area contributed by atoms with Gasteiger partial charge in [-0.1, -0.05) is 26.2 Å². The first-order chi connectivity index (χ1) is 9.45. The number of unbranched alkanes of at least 4 members (excludes halogenated alkanes) is 3. The highest BCUT2D eigenvalue weighted by molar-refractivity contribution is 14.1. The average molecular weight is 392 g/mol. The minimum atomic E-state index is -0.417. The number of nitrogen functional groups attached to an aromatic ring is 1. The number of nitrogens with two attached hydrogens (primary N) is 1. The zero-order chi connectivity index (χ0) is 15.1. The van der Waals surface area contributed by atoms with Gasteiger partial charge in [0, 0.05) is 0 Å². The Balaban J connectivity index is 2.67. The van der Waals surface area contributed by atoms with Gasteiger partial charge in [0.2, 0.25) is 0 Å². The van der Waals surface area contributed by atoms with Crippen molar-refractivity contribution < 1.29 is 9.66 Å². The van der Waals surface area contributed by atoms with Gasteiger partial charge in [-0.2, -0.15) is 0 Å². The Morgan fingerprint density at radius 3 is 2.70 bits per heavy atom. The molecule has 2 N–H and O–H groups in total. The first-order valence-corrected chi connectivity index (χ1v) is 7.93. The van der Waals surface area contributed by atoms with E-state index >= 15 is 0 Å². The number of anilines is 1. The third kappa shape index (κ3) is 5.15. The van der Waals surface area contributed by atoms with Gasteiger partial charge < -0.3 is 10.5 Å². The molecule has 1 atom stereocenters. The molecule has 0 aliphatic rings. The number of ether oxygens (including phenoxy) is 1. The van der Waals surface area contributed by atoms with Gasteiger partial charge in [-0.3, -0.25) is 10.1 Å². The van der Waals surface area contributed by atoms with Crippen LogP contribution < -0.4 is 10.5 Å². The quantitative estimate of drug-likeness (QED) is 0.232. The molecule has 0 heterocycles. The Morgan fingerprint density at radius 2 is 2.10 bits per heavy atom. The Hall–Kier alpha value is -1.05. The van der Waals surface area contributed by atoms with E-state index in [0.717, 1.165) is 12.8 Å². The van der Waals surface area contributed by atoms with Gasteiger partial charge in [-0.25, -0.2) is 0 Å². The Morgan fingerprint density at radius 1 is 1.40 bits per heavy atom. The van der Waals surface area contributed by atoms with E-state index in [4.69, 9.17) is 10.5 Å². The highest BCUT2D eigenvalue weighted by Gasteiger charge is 2.17. The van der Waals surface area contributed by atoms with Crippen molar-refractivity contribution in [3.63, 3.8) is 0 Å². The molecule has 1 rings (SSSR count). The predicted octanol–water partition coefficient (Wildman–Crippen LogP) is 4.52. The standard InChI is InChI=1S/C14H21IN2O3/c1-3-4-5-6-7-10(2)20-14-9-13(17(18)19)11(15)8-12(14)16/h8-10H,3-7,16H2,1-2H3/t10-/m1/s1. The smallest absolute Gasteiger partial charge is 0.286 e. The topological polar surface area (TPSA) is 78.4 Å². The van der Waals surface area contributed by atoms with Gasteiger partial charge in [-0.05, 0) is 48.4 Å². The molecule has 0 bridgehead atoms. The highest BCUT2D eigenvalue weighted by atomic mass is 127. The summed E-state index contributed by atoms with van der Waals surface area (Å²) in [6.45, 7) is 4.14. The second-order valence-electron chi connectivity index (χ2n) is 4.88. The van der Waals surface area contributed by atoms with Crippen LogP contribution in [0.2, 0.25) is 0 Å². The van der Waals surface area contributed by atoms with E-state index in [0.29, 0.717) is 15.0 Å². The molecule has 112 valence electrons. The Bertz CT molecular complexity index is 466. The zero-order valence-corrected chi connectivity index (χ0v) is 14.1. The van der Waals surface area contributed by atoms with E-state index in [2.05, 4.69) is 6.92 Å². The van der Waals surface area contributed by atoms with E-state index in [-0.39, 0.29) is 11.8 Å². The average Bonchev–Trinajstić information content (AvgIpc) is 2.37. The zero-order valence-electron chi connectivity index (χ0n) is 11.9. The third-order valence-corrected chi connectivity index (χ3v) is 3.93. The van der Waals surface area contributed by atoms with Gasteiger partial charge in [-0.15, -0.1) is 0 Å². The van der Waals surface area contributed by atoms with Crippen molar-refractivity contribution in [2.24, 2.45) is 0 Å². The third-order valence-electron chi connectivity index (χ3n) is 3.07. The summed E-state index contributed by atoms with van der Waals surface area (Å²) >= 11 is 1.91. The molecule has 0 aliphatic carbocycles. The molecule has 5 nitrogen and oxygen atoms in total. The summed E-state index contributed by atoms with van der Waals surface area (Å²) in [5.41, 5.74) is 6.34. The molecule has 0 saturated heterocycles. The molecular weight excluding hydrogens is 371 g/mol. The molecule has 0 radical (unpaired) electrons. The van der Waals surface area contributed by atoms with E-state index < -0.39 is 4.92 Å². The Labute approximate surface area is 133 Å². The number of hydrogen-bond donors (Lipinski definition) is 1. The lowest BCUT2D eigenvalue weighted by Crippen LogP contribution is -2.13. The monoisotopic (exact) mass is 392 g/mol. The van der Waals surface area contributed by atoms with Crippen LogP contribution in [0.3, 0.4) is 0 Å². The molecule has 0 fully saturated rings. The normalized spacial score (nSPS) is 12.2. The maximum absolute atomic E-state index is 10.9. The van der Waals surface area contributed by atoms with Crippen LogP contribution in [0.15, 0.2) is 12.1 Å². The van der Waals surface area contributed by atoms with Gasteiger partial charge in [0.1, 0.15) is 5.75 Å². The number of nitro benzene ring substituents is 1. The fourth-order valence-corrected chi connectivity index (χ4v) is 2.62. The molecule has 0 amide bonds. The van der Waals surface area contributed by atoms with Gasteiger partial charge >= 0.3 is 0 Å². The second-order valence-corrected chi connectivity index (χ2v) is 6.04. The minimum Gasteiger partial charge on any atom is -0.488 e. The lowest BCUT2D eigenvalue weighted by atomic mass is 10.1. The summed E-state index contributed by atoms with van der Waals surface area (Å²) in [7, 11) is 0. The van der Waals surface area contributed by atoms with Crippen LogP contribution in [-0.2, 0) is 0 Å². The maximum atomic E-state index is 10.9. The Kier molecular flexibility index (Phi) is 7.04. The maximum Gasteiger partial charge on any atom is 0.286 e. The summed E-state index contributed by atoms with van der Waals surface area (Å²) in [5.74, 6) is 0.403. The summed E-state index contributed by atoms with van der Waals surface area (Å²) in [6, 6.07) is 3.00. The molecule has 0 saturated carbocycles. The second kappa shape index (κ2) is 8.28. The van der Waals surface area contributed by atoms with Crippen LogP contribution in [0.25, 0.3) is 0 Å². The SMILES string of the molecule is CCCCCC[C@@H](C)Oc1cc([N+](=O)[O-])c(I)cc1N. The van der Waals surface area contributed by atoms with Crippen LogP contribution in [0.4, 0.5) is 11.4 Å². The first-order valence-electron chi connectivity index (χ1n) is 6.85.